The van der Waals surface area contributed by atoms with Gasteiger partial charge in [0.15, 0.2) is 0 Å². The Morgan fingerprint density at radius 1 is 1.09 bits per heavy atom. The van der Waals surface area contributed by atoms with Crippen LogP contribution in [0, 0.1) is 11.3 Å². The average molecular weight is 358 g/mol. The molecule has 0 aliphatic carbocycles. The van der Waals surface area contributed by atoms with Gasteiger partial charge in [0.05, 0.1) is 6.07 Å². The molecule has 7 heteroatoms. The molecule has 1 aromatic carbocycles. The lowest BCUT2D eigenvalue weighted by atomic mass is 9.77. The number of hydrogen-bond donors (Lipinski definition) is 0. The SMILES string of the molecule is CCCC(C#N)(Cn1cnnc1)c1ccc(C(Cl)(Cl)Cl)cc1. The highest BCUT2D eigenvalue weighted by atomic mass is 35.6. The van der Waals surface area contributed by atoms with Crippen molar-refractivity contribution in [2.24, 2.45) is 0 Å². The fourth-order valence-electron chi connectivity index (χ4n) is 2.49. The summed E-state index contributed by atoms with van der Waals surface area (Å²) >= 11 is 17.6. The Morgan fingerprint density at radius 3 is 2.09 bits per heavy atom. The van der Waals surface area contributed by atoms with Crippen LogP contribution in [0.25, 0.3) is 0 Å². The van der Waals surface area contributed by atoms with Crippen molar-refractivity contribution in [2.45, 2.75) is 35.5 Å². The van der Waals surface area contributed by atoms with Crippen molar-refractivity contribution in [3.05, 3.63) is 48.0 Å². The molecule has 0 N–H and O–H groups in total. The largest absolute Gasteiger partial charge is 0.318 e. The molecule has 0 spiro atoms. The third-order valence-electron chi connectivity index (χ3n) is 3.57. The van der Waals surface area contributed by atoms with E-state index >= 15 is 0 Å². The average Bonchev–Trinajstić information content (AvgIpc) is 2.99. The molecule has 0 aliphatic rings. The third kappa shape index (κ3) is 3.73. The van der Waals surface area contributed by atoms with Gasteiger partial charge in [-0.2, -0.15) is 5.26 Å². The number of benzene rings is 1. The monoisotopic (exact) mass is 356 g/mol. The second-order valence-electron chi connectivity index (χ2n) is 5.15. The molecule has 2 rings (SSSR count). The molecule has 1 unspecified atom stereocenters. The Kier molecular flexibility index (Phi) is 5.33. The zero-order valence-electron chi connectivity index (χ0n) is 12.0. The standard InChI is InChI=1S/C15H15Cl3N4/c1-2-7-14(8-19,9-22-10-20-21-11-22)12-3-5-13(6-4-12)15(16,17)18/h3-6,10-11H,2,7,9H2,1H3. The van der Waals surface area contributed by atoms with Gasteiger partial charge < -0.3 is 4.57 Å². The fourth-order valence-corrected chi connectivity index (χ4v) is 2.87. The molecule has 22 heavy (non-hydrogen) atoms. The van der Waals surface area contributed by atoms with Crippen LogP contribution in [0.15, 0.2) is 36.9 Å². The first-order valence-electron chi connectivity index (χ1n) is 6.83. The van der Waals surface area contributed by atoms with Gasteiger partial charge in [0.25, 0.3) is 0 Å². The van der Waals surface area contributed by atoms with E-state index in [0.717, 1.165) is 18.4 Å². The molecule has 2 aromatic rings. The predicted octanol–water partition coefficient (Wildman–Crippen LogP) is 4.37. The molecule has 0 saturated carbocycles. The number of nitriles is 1. The minimum atomic E-state index is -1.47. The third-order valence-corrected chi connectivity index (χ3v) is 4.23. The molecule has 0 radical (unpaired) electrons. The summed E-state index contributed by atoms with van der Waals surface area (Å²) < 4.78 is 0.342. The Morgan fingerprint density at radius 2 is 1.64 bits per heavy atom. The second kappa shape index (κ2) is 6.87. The van der Waals surface area contributed by atoms with Gasteiger partial charge in [0.1, 0.15) is 18.1 Å². The van der Waals surface area contributed by atoms with Crippen molar-refractivity contribution < 1.29 is 0 Å². The van der Waals surface area contributed by atoms with Gasteiger partial charge in [-0.05, 0) is 12.0 Å². The van der Waals surface area contributed by atoms with Crippen molar-refractivity contribution in [2.75, 3.05) is 0 Å². The van der Waals surface area contributed by atoms with Gasteiger partial charge in [-0.3, -0.25) is 0 Å². The summed E-state index contributed by atoms with van der Waals surface area (Å²) in [6.07, 6.45) is 4.81. The quantitative estimate of drug-likeness (QED) is 0.747. The van der Waals surface area contributed by atoms with E-state index in [0.29, 0.717) is 12.1 Å². The maximum Gasteiger partial charge on any atom is 0.216 e. The molecule has 1 heterocycles. The van der Waals surface area contributed by atoms with Crippen molar-refractivity contribution in [1.29, 1.82) is 5.26 Å². The summed E-state index contributed by atoms with van der Waals surface area (Å²) in [4.78, 5) is 0. The summed E-state index contributed by atoms with van der Waals surface area (Å²) in [7, 11) is 0. The highest BCUT2D eigenvalue weighted by Crippen LogP contribution is 2.39. The van der Waals surface area contributed by atoms with E-state index in [-0.39, 0.29) is 0 Å². The predicted molar refractivity (Wildman–Crippen MR) is 87.9 cm³/mol. The van der Waals surface area contributed by atoms with Gasteiger partial charge >= 0.3 is 0 Å². The molecule has 1 atom stereocenters. The Balaban J connectivity index is 2.39. The molecule has 0 bridgehead atoms. The number of alkyl halides is 3. The summed E-state index contributed by atoms with van der Waals surface area (Å²) in [5.74, 6) is 0. The fraction of sp³-hybridized carbons (Fsp3) is 0.400. The topological polar surface area (TPSA) is 54.5 Å². The first-order chi connectivity index (χ1) is 10.4. The van der Waals surface area contributed by atoms with Crippen molar-refractivity contribution in [3.8, 4) is 6.07 Å². The van der Waals surface area contributed by atoms with Crippen LogP contribution in [-0.2, 0) is 15.8 Å². The maximum atomic E-state index is 9.81. The lowest BCUT2D eigenvalue weighted by Gasteiger charge is -2.27. The second-order valence-corrected chi connectivity index (χ2v) is 7.43. The first kappa shape index (κ1) is 17.1. The maximum absolute atomic E-state index is 9.81. The van der Waals surface area contributed by atoms with E-state index in [1.54, 1.807) is 24.8 Å². The van der Waals surface area contributed by atoms with Crippen molar-refractivity contribution in [1.82, 2.24) is 14.8 Å². The van der Waals surface area contributed by atoms with Gasteiger partial charge in [-0.1, -0.05) is 72.4 Å². The van der Waals surface area contributed by atoms with Crippen LogP contribution in [0.3, 0.4) is 0 Å². The lowest BCUT2D eigenvalue weighted by Crippen LogP contribution is -2.29. The number of nitrogens with zero attached hydrogens (tertiary/aromatic N) is 4. The minimum absolute atomic E-state index is 0.484. The van der Waals surface area contributed by atoms with Gasteiger partial charge in [0.2, 0.25) is 3.79 Å². The van der Waals surface area contributed by atoms with Crippen molar-refractivity contribution in [3.63, 3.8) is 0 Å². The highest BCUT2D eigenvalue weighted by Gasteiger charge is 2.33. The van der Waals surface area contributed by atoms with Gasteiger partial charge in [-0.25, -0.2) is 0 Å². The molecule has 1 aromatic heterocycles. The van der Waals surface area contributed by atoms with E-state index in [2.05, 4.69) is 16.3 Å². The first-order valence-corrected chi connectivity index (χ1v) is 7.96. The summed E-state index contributed by atoms with van der Waals surface area (Å²) in [5, 5.41) is 17.4. The molecular formula is C15H15Cl3N4. The van der Waals surface area contributed by atoms with E-state index in [1.165, 1.54) is 0 Å². The van der Waals surface area contributed by atoms with Crippen LogP contribution in [0.5, 0.6) is 0 Å². The summed E-state index contributed by atoms with van der Waals surface area (Å²) in [5.41, 5.74) is 0.806. The van der Waals surface area contributed by atoms with Crippen LogP contribution in [-0.4, -0.2) is 14.8 Å². The minimum Gasteiger partial charge on any atom is -0.318 e. The van der Waals surface area contributed by atoms with Crippen LogP contribution in [0.1, 0.15) is 30.9 Å². The number of aromatic nitrogens is 3. The normalized spacial score (nSPS) is 14.3. The lowest BCUT2D eigenvalue weighted by molar-refractivity contribution is 0.420. The van der Waals surface area contributed by atoms with E-state index in [9.17, 15) is 5.26 Å². The molecule has 0 saturated heterocycles. The van der Waals surface area contributed by atoms with Crippen LogP contribution >= 0.6 is 34.8 Å². The molecule has 0 aliphatic heterocycles. The zero-order chi connectivity index (χ0) is 16.2. The van der Waals surface area contributed by atoms with Crippen molar-refractivity contribution >= 4 is 34.8 Å². The Hall–Kier alpha value is -1.28. The van der Waals surface area contributed by atoms with Crippen LogP contribution < -0.4 is 0 Å². The number of rotatable bonds is 5. The molecular weight excluding hydrogens is 343 g/mol. The van der Waals surface area contributed by atoms with E-state index in [1.807, 2.05) is 23.6 Å². The van der Waals surface area contributed by atoms with E-state index in [4.69, 9.17) is 34.8 Å². The highest BCUT2D eigenvalue weighted by molar-refractivity contribution is 6.66. The van der Waals surface area contributed by atoms with Gasteiger partial charge in [-0.15, -0.1) is 10.2 Å². The Labute approximate surface area is 144 Å². The Bertz CT molecular complexity index is 641. The summed E-state index contributed by atoms with van der Waals surface area (Å²) in [6.45, 7) is 2.53. The molecule has 0 fully saturated rings. The smallest absolute Gasteiger partial charge is 0.216 e. The number of halogens is 3. The van der Waals surface area contributed by atoms with Crippen LogP contribution in [0.2, 0.25) is 0 Å². The molecule has 116 valence electrons. The number of hydrogen-bond acceptors (Lipinski definition) is 3. The van der Waals surface area contributed by atoms with Gasteiger partial charge in [0, 0.05) is 12.1 Å². The summed E-state index contributed by atoms with van der Waals surface area (Å²) in [6, 6.07) is 9.64. The molecule has 0 amide bonds. The zero-order valence-corrected chi connectivity index (χ0v) is 14.3. The molecule has 4 nitrogen and oxygen atoms in total. The van der Waals surface area contributed by atoms with E-state index < -0.39 is 9.21 Å². The van der Waals surface area contributed by atoms with Crippen LogP contribution in [0.4, 0.5) is 0 Å².